The van der Waals surface area contributed by atoms with Crippen LogP contribution in [0.1, 0.15) is 157 Å². The summed E-state index contributed by atoms with van der Waals surface area (Å²) in [5.41, 5.74) is 24.9. The SMILES string of the molecule is CC(C)(C)c1ccc(-c2ccc(N(c3ccc4c(c3)C(C)(C)c3ccccc3-4)c3cc(C(C)(C)C)cc(-c4cc(-c5cc(C(C)(C)C)cc(C(C)(C)C)c5)cc(C(C)(C)C)c4)c3-c3ccccc3)cc2)cc1. The topological polar surface area (TPSA) is 3.24 Å². The molecule has 8 aromatic carbocycles. The Bertz CT molecular complexity index is 3260. The predicted molar refractivity (Wildman–Crippen MR) is 314 cm³/mol. The molecule has 0 aromatic heterocycles. The van der Waals surface area contributed by atoms with Gasteiger partial charge >= 0.3 is 0 Å². The van der Waals surface area contributed by atoms with Gasteiger partial charge in [0.15, 0.2) is 0 Å². The van der Waals surface area contributed by atoms with E-state index in [0.29, 0.717) is 0 Å². The number of anilines is 3. The summed E-state index contributed by atoms with van der Waals surface area (Å²) in [6.45, 7) is 39.8. The molecule has 0 heterocycles. The summed E-state index contributed by atoms with van der Waals surface area (Å²) >= 11 is 0. The smallest absolute Gasteiger partial charge is 0.0549 e. The van der Waals surface area contributed by atoms with E-state index in [1.807, 2.05) is 0 Å². The van der Waals surface area contributed by atoms with E-state index in [2.05, 4.69) is 292 Å². The van der Waals surface area contributed by atoms with Crippen molar-refractivity contribution in [1.29, 1.82) is 0 Å². The van der Waals surface area contributed by atoms with Crippen LogP contribution < -0.4 is 4.90 Å². The molecule has 0 aliphatic heterocycles. The summed E-state index contributed by atoms with van der Waals surface area (Å²) in [7, 11) is 0. The van der Waals surface area contributed by atoms with Crippen molar-refractivity contribution in [3.8, 4) is 55.6 Å². The fourth-order valence-corrected chi connectivity index (χ4v) is 10.6. The monoisotopic (exact) mass is 946 g/mol. The van der Waals surface area contributed by atoms with Crippen LogP contribution >= 0.6 is 0 Å². The number of hydrogen-bond donors (Lipinski definition) is 0. The van der Waals surface area contributed by atoms with Crippen molar-refractivity contribution in [3.63, 3.8) is 0 Å². The van der Waals surface area contributed by atoms with Gasteiger partial charge in [-0.15, -0.1) is 0 Å². The molecule has 0 radical (unpaired) electrons. The van der Waals surface area contributed by atoms with Crippen LogP contribution in [0.15, 0.2) is 170 Å². The molecule has 0 N–H and O–H groups in total. The van der Waals surface area contributed by atoms with Crippen LogP contribution in [0.25, 0.3) is 55.6 Å². The van der Waals surface area contributed by atoms with E-state index >= 15 is 0 Å². The lowest BCUT2D eigenvalue weighted by atomic mass is 9.77. The van der Waals surface area contributed by atoms with E-state index in [4.69, 9.17) is 0 Å². The minimum Gasteiger partial charge on any atom is -0.310 e. The molecule has 0 saturated carbocycles. The second-order valence-electron chi connectivity index (χ2n) is 26.5. The Labute approximate surface area is 434 Å². The minimum absolute atomic E-state index is 0.00893. The summed E-state index contributed by atoms with van der Waals surface area (Å²) in [4.78, 5) is 2.56. The summed E-state index contributed by atoms with van der Waals surface area (Å²) in [6, 6.07) is 65.6. The van der Waals surface area contributed by atoms with Gasteiger partial charge in [-0.3, -0.25) is 0 Å². The Morgan fingerprint density at radius 2 is 0.736 bits per heavy atom. The third kappa shape index (κ3) is 9.77. The second kappa shape index (κ2) is 17.9. The zero-order chi connectivity index (χ0) is 51.9. The molecule has 0 spiro atoms. The zero-order valence-electron chi connectivity index (χ0n) is 46.6. The van der Waals surface area contributed by atoms with Crippen molar-refractivity contribution >= 4 is 17.1 Å². The van der Waals surface area contributed by atoms with Crippen molar-refractivity contribution in [2.45, 2.75) is 150 Å². The van der Waals surface area contributed by atoms with Crippen LogP contribution in [0.4, 0.5) is 17.1 Å². The normalized spacial score (nSPS) is 13.7. The average molecular weight is 946 g/mol. The summed E-state index contributed by atoms with van der Waals surface area (Å²) in [5, 5.41) is 0. The van der Waals surface area contributed by atoms with Gasteiger partial charge in [0.1, 0.15) is 0 Å². The zero-order valence-corrected chi connectivity index (χ0v) is 46.6. The maximum atomic E-state index is 2.56. The van der Waals surface area contributed by atoms with E-state index in [1.54, 1.807) is 0 Å². The summed E-state index contributed by atoms with van der Waals surface area (Å²) < 4.78 is 0. The molecule has 368 valence electrons. The van der Waals surface area contributed by atoms with E-state index in [9.17, 15) is 0 Å². The van der Waals surface area contributed by atoms with Gasteiger partial charge in [-0.1, -0.05) is 245 Å². The van der Waals surface area contributed by atoms with E-state index in [-0.39, 0.29) is 32.5 Å². The van der Waals surface area contributed by atoms with Gasteiger partial charge < -0.3 is 4.90 Å². The fourth-order valence-electron chi connectivity index (χ4n) is 10.6. The number of nitrogens with zero attached hydrogens (tertiary/aromatic N) is 1. The highest BCUT2D eigenvalue weighted by Crippen LogP contribution is 2.53. The van der Waals surface area contributed by atoms with Gasteiger partial charge in [0.2, 0.25) is 0 Å². The van der Waals surface area contributed by atoms with Gasteiger partial charge in [0.05, 0.1) is 5.69 Å². The minimum atomic E-state index is -0.168. The van der Waals surface area contributed by atoms with Gasteiger partial charge in [-0.2, -0.15) is 0 Å². The predicted octanol–water partition coefficient (Wildman–Crippen LogP) is 20.6. The summed E-state index contributed by atoms with van der Waals surface area (Å²) in [5.74, 6) is 0. The van der Waals surface area contributed by atoms with Crippen molar-refractivity contribution in [1.82, 2.24) is 0 Å². The molecule has 0 fully saturated rings. The van der Waals surface area contributed by atoms with Crippen molar-refractivity contribution in [2.75, 3.05) is 4.90 Å². The molecular formula is C71H79N. The van der Waals surface area contributed by atoms with Crippen molar-refractivity contribution in [2.24, 2.45) is 0 Å². The van der Waals surface area contributed by atoms with Crippen LogP contribution in [0.3, 0.4) is 0 Å². The lowest BCUT2D eigenvalue weighted by Crippen LogP contribution is -2.18. The highest BCUT2D eigenvalue weighted by atomic mass is 15.1. The van der Waals surface area contributed by atoms with Crippen LogP contribution in [0.5, 0.6) is 0 Å². The molecule has 9 rings (SSSR count). The number of hydrogen-bond acceptors (Lipinski definition) is 1. The molecule has 0 amide bonds. The molecule has 0 atom stereocenters. The molecule has 1 aliphatic rings. The van der Waals surface area contributed by atoms with Crippen molar-refractivity contribution in [3.05, 3.63) is 209 Å². The number of benzene rings is 8. The summed E-state index contributed by atoms with van der Waals surface area (Å²) in [6.07, 6.45) is 0. The first kappa shape index (κ1) is 50.5. The Balaban J connectivity index is 1.35. The lowest BCUT2D eigenvalue weighted by Gasteiger charge is -2.33. The largest absolute Gasteiger partial charge is 0.310 e. The molecular weight excluding hydrogens is 867 g/mol. The highest BCUT2D eigenvalue weighted by molar-refractivity contribution is 5.99. The van der Waals surface area contributed by atoms with E-state index in [0.717, 1.165) is 17.1 Å². The Morgan fingerprint density at radius 1 is 0.292 bits per heavy atom. The first-order chi connectivity index (χ1) is 33.6. The Hall–Kier alpha value is -6.44. The fraction of sp³-hybridized carbons (Fsp3) is 0.324. The highest BCUT2D eigenvalue weighted by Gasteiger charge is 2.36. The van der Waals surface area contributed by atoms with Gasteiger partial charge in [-0.25, -0.2) is 0 Å². The average Bonchev–Trinajstić information content (AvgIpc) is 3.55. The van der Waals surface area contributed by atoms with Gasteiger partial charge in [0, 0.05) is 22.4 Å². The molecule has 8 aromatic rings. The lowest BCUT2D eigenvalue weighted by molar-refractivity contribution is 0.569. The third-order valence-corrected chi connectivity index (χ3v) is 15.4. The third-order valence-electron chi connectivity index (χ3n) is 15.4. The van der Waals surface area contributed by atoms with Crippen LogP contribution in [0, 0.1) is 0 Å². The molecule has 1 aliphatic carbocycles. The quantitative estimate of drug-likeness (QED) is 0.154. The van der Waals surface area contributed by atoms with Crippen LogP contribution in [0.2, 0.25) is 0 Å². The first-order valence-corrected chi connectivity index (χ1v) is 26.4. The first-order valence-electron chi connectivity index (χ1n) is 26.4. The maximum Gasteiger partial charge on any atom is 0.0549 e. The molecule has 0 unspecified atom stereocenters. The van der Waals surface area contributed by atoms with Gasteiger partial charge in [-0.05, 0) is 159 Å². The molecule has 1 heteroatoms. The molecule has 1 nitrogen and oxygen atoms in total. The molecule has 72 heavy (non-hydrogen) atoms. The number of fused-ring (bicyclic) bond motifs is 3. The molecule has 0 bridgehead atoms. The van der Waals surface area contributed by atoms with Crippen LogP contribution in [-0.2, 0) is 32.5 Å². The second-order valence-corrected chi connectivity index (χ2v) is 26.5. The number of rotatable bonds is 7. The Kier molecular flexibility index (Phi) is 12.6. The maximum absolute atomic E-state index is 2.56. The molecule has 0 saturated heterocycles. The van der Waals surface area contributed by atoms with E-state index < -0.39 is 0 Å². The Morgan fingerprint density at radius 3 is 1.29 bits per heavy atom. The standard InChI is InChI=1S/C71H79N/c1-66(2,3)52-31-27-46(28-32-52)47-29-33-57(34-30-47)72(58-35-36-60-59-25-21-22-26-62(59)71(16,17)63(60)45-58)64-44-56(70(13,14)15)43-61(65(64)48-23-19-18-20-24-48)51-37-49(38-53(41-51)67(4,5)6)50-39-54(68(7,8)9)42-55(40-50)69(10,11)12/h18-45H,1-17H3. The van der Waals surface area contributed by atoms with Crippen LogP contribution in [-0.4, -0.2) is 0 Å². The van der Waals surface area contributed by atoms with Gasteiger partial charge in [0.25, 0.3) is 0 Å². The van der Waals surface area contributed by atoms with E-state index in [1.165, 1.54) is 94.6 Å². The van der Waals surface area contributed by atoms with Crippen molar-refractivity contribution < 1.29 is 0 Å².